The molecule has 6 heteroatoms. The van der Waals surface area contributed by atoms with Crippen molar-refractivity contribution in [3.8, 4) is 11.3 Å². The maximum atomic E-state index is 13.3. The fraction of sp³-hybridized carbons (Fsp3) is 0.214. The van der Waals surface area contributed by atoms with E-state index in [-0.39, 0.29) is 5.92 Å². The largest absolute Gasteiger partial charge is 0.261 e. The van der Waals surface area contributed by atoms with E-state index in [4.69, 9.17) is 11.6 Å². The minimum Gasteiger partial charge on any atom is -0.261 e. The molecule has 0 saturated heterocycles. The SMILES string of the molecule is CC(C)c1cnn2c(Cl)cc(-c3cncc(F)c3)nc12. The first-order valence-electron chi connectivity index (χ1n) is 6.21. The van der Waals surface area contributed by atoms with Gasteiger partial charge in [0.05, 0.1) is 18.1 Å². The van der Waals surface area contributed by atoms with E-state index in [1.54, 1.807) is 23.0 Å². The predicted molar refractivity (Wildman–Crippen MR) is 75.3 cm³/mol. The van der Waals surface area contributed by atoms with Gasteiger partial charge in [-0.1, -0.05) is 25.4 Å². The van der Waals surface area contributed by atoms with Crippen LogP contribution in [-0.2, 0) is 0 Å². The molecule has 0 radical (unpaired) electrons. The van der Waals surface area contributed by atoms with Crippen molar-refractivity contribution in [3.63, 3.8) is 0 Å². The highest BCUT2D eigenvalue weighted by Gasteiger charge is 2.14. The van der Waals surface area contributed by atoms with Gasteiger partial charge in [-0.05, 0) is 12.0 Å². The monoisotopic (exact) mass is 290 g/mol. The van der Waals surface area contributed by atoms with Gasteiger partial charge in [0, 0.05) is 23.4 Å². The molecular weight excluding hydrogens is 279 g/mol. The fourth-order valence-corrected chi connectivity index (χ4v) is 2.28. The number of halogens is 2. The van der Waals surface area contributed by atoms with Crippen molar-refractivity contribution in [3.05, 3.63) is 47.3 Å². The average molecular weight is 291 g/mol. The van der Waals surface area contributed by atoms with Crippen molar-refractivity contribution in [2.45, 2.75) is 19.8 Å². The van der Waals surface area contributed by atoms with E-state index in [0.717, 1.165) is 11.8 Å². The van der Waals surface area contributed by atoms with Gasteiger partial charge in [0.25, 0.3) is 0 Å². The number of nitrogens with zero attached hydrogens (tertiary/aromatic N) is 4. The molecule has 0 aromatic carbocycles. The Balaban J connectivity index is 2.25. The number of pyridine rings is 1. The summed E-state index contributed by atoms with van der Waals surface area (Å²) in [6.45, 7) is 4.12. The first-order chi connectivity index (χ1) is 9.56. The van der Waals surface area contributed by atoms with Gasteiger partial charge in [-0.3, -0.25) is 4.98 Å². The molecule has 102 valence electrons. The van der Waals surface area contributed by atoms with Crippen molar-refractivity contribution in [1.82, 2.24) is 19.6 Å². The molecule has 0 fully saturated rings. The Morgan fingerprint density at radius 3 is 2.70 bits per heavy atom. The van der Waals surface area contributed by atoms with E-state index < -0.39 is 5.82 Å². The van der Waals surface area contributed by atoms with Crippen LogP contribution in [0.15, 0.2) is 30.7 Å². The van der Waals surface area contributed by atoms with Crippen LogP contribution in [0.25, 0.3) is 16.9 Å². The molecule has 3 aromatic rings. The molecule has 0 saturated carbocycles. The van der Waals surface area contributed by atoms with E-state index in [1.165, 1.54) is 6.07 Å². The zero-order valence-electron chi connectivity index (χ0n) is 11.0. The van der Waals surface area contributed by atoms with Gasteiger partial charge >= 0.3 is 0 Å². The second-order valence-corrected chi connectivity index (χ2v) is 5.23. The van der Waals surface area contributed by atoms with Gasteiger partial charge in [-0.15, -0.1) is 0 Å². The minimum absolute atomic E-state index is 0.275. The molecule has 0 aliphatic carbocycles. The van der Waals surface area contributed by atoms with Crippen molar-refractivity contribution in [1.29, 1.82) is 0 Å². The summed E-state index contributed by atoms with van der Waals surface area (Å²) in [6, 6.07) is 3.04. The van der Waals surface area contributed by atoms with Crippen LogP contribution < -0.4 is 0 Å². The van der Waals surface area contributed by atoms with Crippen LogP contribution >= 0.6 is 11.6 Å². The number of hydrogen-bond donors (Lipinski definition) is 0. The molecular formula is C14H12ClFN4. The molecule has 0 atom stereocenters. The standard InChI is InChI=1S/C14H12ClFN4/c1-8(2)11-7-18-20-13(15)4-12(19-14(11)20)9-3-10(16)6-17-5-9/h3-8H,1-2H3. The molecule has 20 heavy (non-hydrogen) atoms. The Labute approximate surface area is 120 Å². The molecule has 0 spiro atoms. The van der Waals surface area contributed by atoms with E-state index >= 15 is 0 Å². The molecule has 3 heterocycles. The fourth-order valence-electron chi connectivity index (χ4n) is 2.05. The van der Waals surface area contributed by atoms with E-state index in [2.05, 4.69) is 28.9 Å². The normalized spacial score (nSPS) is 11.4. The second kappa shape index (κ2) is 4.83. The third-order valence-electron chi connectivity index (χ3n) is 3.08. The van der Waals surface area contributed by atoms with Crippen LogP contribution in [0.4, 0.5) is 4.39 Å². The lowest BCUT2D eigenvalue weighted by molar-refractivity contribution is 0.622. The lowest BCUT2D eigenvalue weighted by Crippen LogP contribution is -1.97. The maximum Gasteiger partial charge on any atom is 0.160 e. The molecule has 4 nitrogen and oxygen atoms in total. The van der Waals surface area contributed by atoms with Gasteiger partial charge < -0.3 is 0 Å². The summed E-state index contributed by atoms with van der Waals surface area (Å²) < 4.78 is 14.9. The molecule has 0 unspecified atom stereocenters. The topological polar surface area (TPSA) is 43.1 Å². The summed E-state index contributed by atoms with van der Waals surface area (Å²) in [5.74, 6) is -0.130. The molecule has 3 aromatic heterocycles. The quantitative estimate of drug-likeness (QED) is 0.676. The average Bonchev–Trinajstić information content (AvgIpc) is 2.83. The Hall–Kier alpha value is -2.01. The molecule has 3 rings (SSSR count). The second-order valence-electron chi connectivity index (χ2n) is 4.85. The molecule has 0 aliphatic heterocycles. The third kappa shape index (κ3) is 2.14. The van der Waals surface area contributed by atoms with E-state index in [9.17, 15) is 4.39 Å². The van der Waals surface area contributed by atoms with Gasteiger partial charge in [-0.2, -0.15) is 5.10 Å². The van der Waals surface area contributed by atoms with E-state index in [1.807, 2.05) is 0 Å². The van der Waals surface area contributed by atoms with Crippen LogP contribution in [-0.4, -0.2) is 19.6 Å². The smallest absolute Gasteiger partial charge is 0.160 e. The van der Waals surface area contributed by atoms with Crippen molar-refractivity contribution >= 4 is 17.2 Å². The van der Waals surface area contributed by atoms with Crippen molar-refractivity contribution in [2.75, 3.05) is 0 Å². The van der Waals surface area contributed by atoms with Gasteiger partial charge in [0.1, 0.15) is 11.0 Å². The van der Waals surface area contributed by atoms with Gasteiger partial charge in [-0.25, -0.2) is 13.9 Å². The number of aromatic nitrogens is 4. The van der Waals surface area contributed by atoms with Crippen LogP contribution in [0.2, 0.25) is 5.15 Å². The Kier molecular flexibility index (Phi) is 3.14. The summed E-state index contributed by atoms with van der Waals surface area (Å²) in [5.41, 5.74) is 2.85. The van der Waals surface area contributed by atoms with Crippen molar-refractivity contribution < 1.29 is 4.39 Å². The molecule has 0 amide bonds. The molecule has 0 aliphatic rings. The molecule has 0 N–H and O–H groups in total. The Morgan fingerprint density at radius 1 is 1.20 bits per heavy atom. The zero-order chi connectivity index (χ0) is 14.3. The first kappa shape index (κ1) is 13.0. The Bertz CT molecular complexity index is 782. The predicted octanol–water partition coefficient (Wildman–Crippen LogP) is 3.71. The highest BCUT2D eigenvalue weighted by atomic mass is 35.5. The maximum absolute atomic E-state index is 13.3. The van der Waals surface area contributed by atoms with Crippen LogP contribution in [0.3, 0.4) is 0 Å². The van der Waals surface area contributed by atoms with Crippen LogP contribution in [0, 0.1) is 5.82 Å². The molecule has 0 bridgehead atoms. The highest BCUT2D eigenvalue weighted by molar-refractivity contribution is 6.30. The van der Waals surface area contributed by atoms with Crippen LogP contribution in [0.5, 0.6) is 0 Å². The summed E-state index contributed by atoms with van der Waals surface area (Å²) in [4.78, 5) is 8.37. The lowest BCUT2D eigenvalue weighted by atomic mass is 10.1. The van der Waals surface area contributed by atoms with Crippen LogP contribution in [0.1, 0.15) is 25.3 Å². The number of rotatable bonds is 2. The summed E-state index contributed by atoms with van der Waals surface area (Å²) in [6.07, 6.45) is 4.47. The van der Waals surface area contributed by atoms with Gasteiger partial charge in [0.2, 0.25) is 0 Å². The summed E-state index contributed by atoms with van der Waals surface area (Å²) >= 11 is 6.22. The van der Waals surface area contributed by atoms with Gasteiger partial charge in [0.15, 0.2) is 5.65 Å². The number of hydrogen-bond acceptors (Lipinski definition) is 3. The third-order valence-corrected chi connectivity index (χ3v) is 3.35. The Morgan fingerprint density at radius 2 is 2.00 bits per heavy atom. The summed E-state index contributed by atoms with van der Waals surface area (Å²) in [7, 11) is 0. The highest BCUT2D eigenvalue weighted by Crippen LogP contribution is 2.26. The van der Waals surface area contributed by atoms with E-state index in [0.29, 0.717) is 22.1 Å². The number of fused-ring (bicyclic) bond motifs is 1. The zero-order valence-corrected chi connectivity index (χ0v) is 11.8. The minimum atomic E-state index is -0.405. The first-order valence-corrected chi connectivity index (χ1v) is 6.59. The lowest BCUT2D eigenvalue weighted by Gasteiger charge is -2.06. The summed E-state index contributed by atoms with van der Waals surface area (Å²) in [5, 5.41) is 4.66. The van der Waals surface area contributed by atoms with Crippen molar-refractivity contribution in [2.24, 2.45) is 0 Å².